The molecule has 0 bridgehead atoms. The van der Waals surface area contributed by atoms with Gasteiger partial charge < -0.3 is 15.0 Å². The molecule has 3 aliphatic rings. The third kappa shape index (κ3) is 3.65. The van der Waals surface area contributed by atoms with E-state index in [1.165, 1.54) is 0 Å². The molecule has 3 amide bonds. The Balaban J connectivity index is 1.30. The van der Waals surface area contributed by atoms with Crippen LogP contribution in [-0.2, 0) is 9.53 Å². The number of ether oxygens (including phenoxy) is 1. The van der Waals surface area contributed by atoms with E-state index >= 15 is 0 Å². The summed E-state index contributed by atoms with van der Waals surface area (Å²) in [6.07, 6.45) is -0.347. The van der Waals surface area contributed by atoms with Gasteiger partial charge in [0.2, 0.25) is 5.91 Å². The van der Waals surface area contributed by atoms with Gasteiger partial charge >= 0.3 is 0 Å². The normalized spacial score (nSPS) is 20.1. The fourth-order valence-electron chi connectivity index (χ4n) is 4.69. The molecule has 1 fully saturated rings. The lowest BCUT2D eigenvalue weighted by atomic mass is 10.0. The highest BCUT2D eigenvalue weighted by Gasteiger charge is 2.47. The fraction of sp³-hybridized carbons (Fsp3) is 0.375. The number of anilines is 1. The molecule has 32 heavy (non-hydrogen) atoms. The van der Waals surface area contributed by atoms with Crippen LogP contribution >= 0.6 is 0 Å². The maximum atomic E-state index is 13.3. The van der Waals surface area contributed by atoms with Gasteiger partial charge in [-0.1, -0.05) is 30.3 Å². The third-order valence-electron chi connectivity index (χ3n) is 6.32. The third-order valence-corrected chi connectivity index (χ3v) is 6.32. The van der Waals surface area contributed by atoms with Crippen LogP contribution in [0.1, 0.15) is 38.9 Å². The van der Waals surface area contributed by atoms with Gasteiger partial charge in [-0.25, -0.2) is 0 Å². The zero-order valence-corrected chi connectivity index (χ0v) is 17.8. The Morgan fingerprint density at radius 3 is 2.47 bits per heavy atom. The van der Waals surface area contributed by atoms with Crippen molar-refractivity contribution in [3.05, 3.63) is 65.2 Å². The number of carbonyl (C=O) groups excluding carboxylic acids is 3. The molecule has 0 aromatic heterocycles. The lowest BCUT2D eigenvalue weighted by molar-refractivity contribution is -0.121. The van der Waals surface area contributed by atoms with Crippen molar-refractivity contribution in [2.45, 2.75) is 12.6 Å². The van der Waals surface area contributed by atoms with Crippen molar-refractivity contribution in [3.8, 4) is 0 Å². The van der Waals surface area contributed by atoms with Crippen LogP contribution in [0.25, 0.3) is 0 Å². The van der Waals surface area contributed by atoms with Crippen molar-refractivity contribution in [1.29, 1.82) is 0 Å². The summed E-state index contributed by atoms with van der Waals surface area (Å²) in [5.74, 6) is -0.382. The molecule has 3 aliphatic heterocycles. The van der Waals surface area contributed by atoms with Gasteiger partial charge in [-0.15, -0.1) is 0 Å². The standard InChI is InChI=1S/C24H26N4O4/c29-21(25-10-12-26-13-15-32-16-14-26)9-11-27-22-17-5-1-2-6-18(17)24(31)28(22)20-8-4-3-7-19(20)23(27)30/h1-8,22H,9-16H2,(H,25,29)/t22-/m0/s1. The minimum Gasteiger partial charge on any atom is -0.379 e. The van der Waals surface area contributed by atoms with Gasteiger partial charge in [-0.05, 0) is 18.2 Å². The van der Waals surface area contributed by atoms with Gasteiger partial charge in [0.25, 0.3) is 11.8 Å². The Bertz CT molecular complexity index is 1050. The molecule has 0 unspecified atom stereocenters. The van der Waals surface area contributed by atoms with Crippen LogP contribution < -0.4 is 10.2 Å². The van der Waals surface area contributed by atoms with Crippen molar-refractivity contribution in [2.24, 2.45) is 0 Å². The molecule has 0 aliphatic carbocycles. The van der Waals surface area contributed by atoms with E-state index in [-0.39, 0.29) is 30.7 Å². The van der Waals surface area contributed by atoms with E-state index in [0.29, 0.717) is 23.4 Å². The highest BCUT2D eigenvalue weighted by molar-refractivity contribution is 6.16. The van der Waals surface area contributed by atoms with E-state index in [2.05, 4.69) is 10.2 Å². The number of amides is 3. The molecule has 0 spiro atoms. The number of hydrogen-bond acceptors (Lipinski definition) is 5. The Kier molecular flexibility index (Phi) is 5.63. The van der Waals surface area contributed by atoms with Gasteiger partial charge in [-0.3, -0.25) is 24.2 Å². The second kappa shape index (κ2) is 8.72. The number of fused-ring (bicyclic) bond motifs is 5. The molecule has 8 heteroatoms. The first-order valence-electron chi connectivity index (χ1n) is 11.0. The molecular formula is C24H26N4O4. The Hall–Kier alpha value is -3.23. The van der Waals surface area contributed by atoms with Crippen LogP contribution in [0.2, 0.25) is 0 Å². The van der Waals surface area contributed by atoms with Gasteiger partial charge in [-0.2, -0.15) is 0 Å². The minimum atomic E-state index is -0.526. The summed E-state index contributed by atoms with van der Waals surface area (Å²) >= 11 is 0. The predicted molar refractivity (Wildman–Crippen MR) is 118 cm³/mol. The molecular weight excluding hydrogens is 408 g/mol. The minimum absolute atomic E-state index is 0.103. The van der Waals surface area contributed by atoms with Gasteiger partial charge in [0.1, 0.15) is 6.17 Å². The summed E-state index contributed by atoms with van der Waals surface area (Å²) in [6.45, 7) is 4.79. The van der Waals surface area contributed by atoms with E-state index < -0.39 is 6.17 Å². The molecule has 3 heterocycles. The molecule has 1 N–H and O–H groups in total. The van der Waals surface area contributed by atoms with Crippen LogP contribution in [0.3, 0.4) is 0 Å². The maximum absolute atomic E-state index is 13.3. The molecule has 166 valence electrons. The summed E-state index contributed by atoms with van der Waals surface area (Å²) in [6, 6.07) is 14.5. The van der Waals surface area contributed by atoms with Crippen molar-refractivity contribution >= 4 is 23.4 Å². The Labute approximate surface area is 186 Å². The van der Waals surface area contributed by atoms with Gasteiger partial charge in [0.05, 0.1) is 24.5 Å². The van der Waals surface area contributed by atoms with E-state index in [1.807, 2.05) is 24.3 Å². The molecule has 1 saturated heterocycles. The smallest absolute Gasteiger partial charge is 0.260 e. The highest BCUT2D eigenvalue weighted by Crippen LogP contribution is 2.45. The molecule has 2 aromatic carbocycles. The van der Waals surface area contributed by atoms with Crippen molar-refractivity contribution in [2.75, 3.05) is 50.8 Å². The molecule has 5 rings (SSSR count). The molecule has 2 aromatic rings. The first kappa shape index (κ1) is 20.7. The first-order chi connectivity index (χ1) is 15.6. The van der Waals surface area contributed by atoms with E-state index in [4.69, 9.17) is 4.74 Å². The summed E-state index contributed by atoms with van der Waals surface area (Å²) in [5, 5.41) is 2.95. The number of morpholine rings is 1. The zero-order chi connectivity index (χ0) is 22.1. The average Bonchev–Trinajstić information content (AvgIpc) is 3.12. The predicted octanol–water partition coefficient (Wildman–Crippen LogP) is 1.64. The second-order valence-corrected chi connectivity index (χ2v) is 8.21. The number of hydrogen-bond donors (Lipinski definition) is 1. The Morgan fingerprint density at radius 2 is 1.66 bits per heavy atom. The summed E-state index contributed by atoms with van der Waals surface area (Å²) in [5.41, 5.74) is 2.50. The summed E-state index contributed by atoms with van der Waals surface area (Å²) in [4.78, 5) is 44.6. The second-order valence-electron chi connectivity index (χ2n) is 8.21. The molecule has 0 radical (unpaired) electrons. The SMILES string of the molecule is O=C(CCN1C(=O)c2ccccc2N2C(=O)c3ccccc3[C@@H]12)NCCN1CCOCC1. The van der Waals surface area contributed by atoms with E-state index in [0.717, 1.165) is 38.4 Å². The van der Waals surface area contributed by atoms with Gasteiger partial charge in [0.15, 0.2) is 0 Å². The monoisotopic (exact) mass is 434 g/mol. The average molecular weight is 434 g/mol. The van der Waals surface area contributed by atoms with Crippen LogP contribution in [-0.4, -0.2) is 73.5 Å². The van der Waals surface area contributed by atoms with E-state index in [9.17, 15) is 14.4 Å². The maximum Gasteiger partial charge on any atom is 0.260 e. The summed E-state index contributed by atoms with van der Waals surface area (Å²) in [7, 11) is 0. The van der Waals surface area contributed by atoms with E-state index in [1.54, 1.807) is 34.1 Å². The number of rotatable bonds is 6. The highest BCUT2D eigenvalue weighted by atomic mass is 16.5. The first-order valence-corrected chi connectivity index (χ1v) is 11.0. The molecule has 0 saturated carbocycles. The van der Waals surface area contributed by atoms with Crippen LogP contribution in [0.15, 0.2) is 48.5 Å². The zero-order valence-electron chi connectivity index (χ0n) is 17.8. The van der Waals surface area contributed by atoms with Crippen LogP contribution in [0.5, 0.6) is 0 Å². The number of benzene rings is 2. The Morgan fingerprint density at radius 1 is 0.938 bits per heavy atom. The van der Waals surface area contributed by atoms with Crippen molar-refractivity contribution in [3.63, 3.8) is 0 Å². The largest absolute Gasteiger partial charge is 0.379 e. The number of carbonyl (C=O) groups is 3. The molecule has 8 nitrogen and oxygen atoms in total. The quantitative estimate of drug-likeness (QED) is 0.748. The molecule has 1 atom stereocenters. The topological polar surface area (TPSA) is 82.2 Å². The van der Waals surface area contributed by atoms with Crippen molar-refractivity contribution in [1.82, 2.24) is 15.1 Å². The van der Waals surface area contributed by atoms with Gasteiger partial charge in [0, 0.05) is 50.3 Å². The fourth-order valence-corrected chi connectivity index (χ4v) is 4.69. The number of nitrogens with zero attached hydrogens (tertiary/aromatic N) is 3. The number of nitrogens with one attached hydrogen (secondary N) is 1. The van der Waals surface area contributed by atoms with Crippen molar-refractivity contribution < 1.29 is 19.1 Å². The summed E-state index contributed by atoms with van der Waals surface area (Å²) < 4.78 is 5.34. The lowest BCUT2D eigenvalue weighted by Crippen LogP contribution is -2.49. The number of para-hydroxylation sites is 1. The van der Waals surface area contributed by atoms with Crippen LogP contribution in [0.4, 0.5) is 5.69 Å². The lowest BCUT2D eigenvalue weighted by Gasteiger charge is -2.40. The van der Waals surface area contributed by atoms with Crippen LogP contribution in [0, 0.1) is 0 Å².